The van der Waals surface area contributed by atoms with Gasteiger partial charge in [0.15, 0.2) is 0 Å². The van der Waals surface area contributed by atoms with Crippen molar-refractivity contribution in [2.24, 2.45) is 5.73 Å². The van der Waals surface area contributed by atoms with E-state index in [0.29, 0.717) is 6.54 Å². The normalized spacial score (nSPS) is 25.3. The molecule has 1 aliphatic rings. The Kier molecular flexibility index (Phi) is 2.44. The number of rotatable bonds is 2. The fourth-order valence-electron chi connectivity index (χ4n) is 2.01. The van der Waals surface area contributed by atoms with Crippen molar-refractivity contribution in [3.05, 3.63) is 35.6 Å². The number of halogens is 1. The Balaban J connectivity index is 2.28. The van der Waals surface area contributed by atoms with Crippen molar-refractivity contribution in [1.82, 2.24) is 4.90 Å². The predicted molar refractivity (Wildman–Crippen MR) is 54.5 cm³/mol. The summed E-state index contributed by atoms with van der Waals surface area (Å²) in [4.78, 5) is 13.0. The largest absolute Gasteiger partial charge is 0.332 e. The maximum absolute atomic E-state index is 13.0. The summed E-state index contributed by atoms with van der Waals surface area (Å²) in [5.74, 6) is -0.359. The van der Waals surface area contributed by atoms with Crippen molar-refractivity contribution < 1.29 is 9.18 Å². The summed E-state index contributed by atoms with van der Waals surface area (Å²) in [5, 5.41) is 0. The number of carbonyl (C=O) groups excluding carboxylic acids is 1. The van der Waals surface area contributed by atoms with Crippen molar-refractivity contribution in [2.75, 3.05) is 6.54 Å². The molecule has 0 spiro atoms. The molecule has 0 aromatic heterocycles. The fraction of sp³-hybridized carbons (Fsp3) is 0.364. The van der Waals surface area contributed by atoms with Crippen molar-refractivity contribution in [1.29, 1.82) is 0 Å². The van der Waals surface area contributed by atoms with Gasteiger partial charge in [0.25, 0.3) is 0 Å². The van der Waals surface area contributed by atoms with Crippen molar-refractivity contribution >= 4 is 5.91 Å². The Morgan fingerprint density at radius 3 is 2.87 bits per heavy atom. The molecule has 3 nitrogen and oxygen atoms in total. The summed E-state index contributed by atoms with van der Waals surface area (Å²) < 4.78 is 13.0. The Hall–Kier alpha value is -1.42. The number of likely N-dealkylation sites (N-methyl/N-ethyl adjacent to an activating group) is 1. The number of β-lactam (4-membered cyclic amide) rings is 1. The first-order chi connectivity index (χ1) is 7.15. The molecule has 1 fully saturated rings. The Bertz CT molecular complexity index is 394. The summed E-state index contributed by atoms with van der Waals surface area (Å²) in [6.45, 7) is 2.49. The lowest BCUT2D eigenvalue weighted by atomic mass is 9.89. The first-order valence-electron chi connectivity index (χ1n) is 4.96. The molecule has 80 valence electrons. The third kappa shape index (κ3) is 1.51. The number of carbonyl (C=O) groups is 1. The van der Waals surface area contributed by atoms with E-state index in [1.165, 1.54) is 12.1 Å². The highest BCUT2D eigenvalue weighted by Crippen LogP contribution is 2.33. The highest BCUT2D eigenvalue weighted by molar-refractivity contribution is 5.89. The van der Waals surface area contributed by atoms with Gasteiger partial charge in [0, 0.05) is 6.54 Å². The summed E-state index contributed by atoms with van der Waals surface area (Å²) in [6.07, 6.45) is 0. The zero-order chi connectivity index (χ0) is 11.0. The molecule has 0 bridgehead atoms. The number of nitrogens with zero attached hydrogens (tertiary/aromatic N) is 1. The zero-order valence-corrected chi connectivity index (χ0v) is 8.48. The first kappa shape index (κ1) is 10.1. The van der Waals surface area contributed by atoms with Gasteiger partial charge in [-0.05, 0) is 24.6 Å². The lowest BCUT2D eigenvalue weighted by Gasteiger charge is -2.45. The average Bonchev–Trinajstić information content (AvgIpc) is 2.24. The standard InChI is InChI=1S/C11H13FN2O/c1-2-14-10(9(13)11(14)15)7-4-3-5-8(12)6-7/h3-6,9-10H,2,13H2,1H3. The van der Waals surface area contributed by atoms with Crippen molar-refractivity contribution in [3.63, 3.8) is 0 Å². The SMILES string of the molecule is CCN1C(=O)C(N)C1c1cccc(F)c1. The number of likely N-dealkylation sites (tertiary alicyclic amines) is 1. The number of hydrogen-bond donors (Lipinski definition) is 1. The highest BCUT2D eigenvalue weighted by Gasteiger charge is 2.44. The van der Waals surface area contributed by atoms with Crippen LogP contribution in [0.5, 0.6) is 0 Å². The molecule has 4 heteroatoms. The molecule has 2 atom stereocenters. The van der Waals surface area contributed by atoms with Crippen LogP contribution >= 0.6 is 0 Å². The van der Waals surface area contributed by atoms with Crippen LogP contribution in [0.1, 0.15) is 18.5 Å². The van der Waals surface area contributed by atoms with Crippen LogP contribution in [0.4, 0.5) is 4.39 Å². The van der Waals surface area contributed by atoms with Gasteiger partial charge >= 0.3 is 0 Å². The monoisotopic (exact) mass is 208 g/mol. The second-order valence-corrected chi connectivity index (χ2v) is 3.65. The van der Waals surface area contributed by atoms with Gasteiger partial charge in [-0.1, -0.05) is 12.1 Å². The number of amides is 1. The van der Waals surface area contributed by atoms with E-state index in [-0.39, 0.29) is 17.8 Å². The fourth-order valence-corrected chi connectivity index (χ4v) is 2.01. The van der Waals surface area contributed by atoms with Gasteiger partial charge in [0.1, 0.15) is 11.9 Å². The molecular weight excluding hydrogens is 195 g/mol. The predicted octanol–water partition coefficient (Wildman–Crippen LogP) is 1.06. The molecule has 0 aliphatic carbocycles. The summed E-state index contributed by atoms with van der Waals surface area (Å²) >= 11 is 0. The summed E-state index contributed by atoms with van der Waals surface area (Å²) in [6, 6.07) is 5.55. The zero-order valence-electron chi connectivity index (χ0n) is 8.48. The topological polar surface area (TPSA) is 46.3 Å². The molecule has 1 aromatic rings. The van der Waals surface area contributed by atoms with E-state index in [0.717, 1.165) is 5.56 Å². The van der Waals surface area contributed by atoms with Crippen molar-refractivity contribution in [3.8, 4) is 0 Å². The Labute approximate surface area is 87.7 Å². The van der Waals surface area contributed by atoms with Crippen LogP contribution in [0.15, 0.2) is 24.3 Å². The van der Waals surface area contributed by atoms with Crippen LogP contribution in [-0.4, -0.2) is 23.4 Å². The molecule has 1 aromatic carbocycles. The van der Waals surface area contributed by atoms with E-state index >= 15 is 0 Å². The summed E-state index contributed by atoms with van der Waals surface area (Å²) in [7, 11) is 0. The van der Waals surface area contributed by atoms with Gasteiger partial charge < -0.3 is 10.6 Å². The second-order valence-electron chi connectivity index (χ2n) is 3.65. The van der Waals surface area contributed by atoms with Crippen LogP contribution in [-0.2, 0) is 4.79 Å². The Morgan fingerprint density at radius 2 is 2.27 bits per heavy atom. The molecule has 0 saturated carbocycles. The van der Waals surface area contributed by atoms with Crippen LogP contribution < -0.4 is 5.73 Å². The van der Waals surface area contributed by atoms with Crippen molar-refractivity contribution in [2.45, 2.75) is 19.0 Å². The van der Waals surface area contributed by atoms with Gasteiger partial charge in [0.05, 0.1) is 6.04 Å². The lowest BCUT2D eigenvalue weighted by molar-refractivity contribution is -0.149. The second kappa shape index (κ2) is 3.62. The molecule has 2 N–H and O–H groups in total. The molecule has 1 aliphatic heterocycles. The van der Waals surface area contributed by atoms with Gasteiger partial charge in [-0.2, -0.15) is 0 Å². The molecule has 15 heavy (non-hydrogen) atoms. The van der Waals surface area contributed by atoms with E-state index in [9.17, 15) is 9.18 Å². The third-order valence-electron chi connectivity index (χ3n) is 2.78. The summed E-state index contributed by atoms with van der Waals surface area (Å²) in [5.41, 5.74) is 6.47. The molecular formula is C11H13FN2O. The number of hydrogen-bond acceptors (Lipinski definition) is 2. The minimum absolute atomic E-state index is 0.0632. The number of benzene rings is 1. The molecule has 1 heterocycles. The van der Waals surface area contributed by atoms with Gasteiger partial charge in [0.2, 0.25) is 5.91 Å². The smallest absolute Gasteiger partial charge is 0.242 e. The molecule has 2 unspecified atom stereocenters. The maximum atomic E-state index is 13.0. The molecule has 1 amide bonds. The highest BCUT2D eigenvalue weighted by atomic mass is 19.1. The van der Waals surface area contributed by atoms with E-state index in [1.807, 2.05) is 6.92 Å². The van der Waals surface area contributed by atoms with E-state index in [2.05, 4.69) is 0 Å². The van der Waals surface area contributed by atoms with Gasteiger partial charge in [-0.3, -0.25) is 4.79 Å². The molecule has 0 radical (unpaired) electrons. The molecule has 2 rings (SSSR count). The minimum atomic E-state index is -0.522. The minimum Gasteiger partial charge on any atom is -0.332 e. The van der Waals surface area contributed by atoms with E-state index in [4.69, 9.17) is 5.73 Å². The van der Waals surface area contributed by atoms with Crippen LogP contribution in [0.3, 0.4) is 0 Å². The lowest BCUT2D eigenvalue weighted by Crippen LogP contribution is -2.62. The van der Waals surface area contributed by atoms with Gasteiger partial charge in [-0.25, -0.2) is 4.39 Å². The number of nitrogens with two attached hydrogens (primary N) is 1. The average molecular weight is 208 g/mol. The quantitative estimate of drug-likeness (QED) is 0.738. The maximum Gasteiger partial charge on any atom is 0.242 e. The van der Waals surface area contributed by atoms with Gasteiger partial charge in [-0.15, -0.1) is 0 Å². The van der Waals surface area contributed by atoms with E-state index < -0.39 is 6.04 Å². The van der Waals surface area contributed by atoms with Crippen LogP contribution in [0, 0.1) is 5.82 Å². The van der Waals surface area contributed by atoms with Crippen LogP contribution in [0.2, 0.25) is 0 Å². The third-order valence-corrected chi connectivity index (χ3v) is 2.78. The first-order valence-corrected chi connectivity index (χ1v) is 4.96. The van der Waals surface area contributed by atoms with E-state index in [1.54, 1.807) is 17.0 Å². The van der Waals surface area contributed by atoms with Crippen LogP contribution in [0.25, 0.3) is 0 Å². The molecule has 1 saturated heterocycles. The Morgan fingerprint density at radius 1 is 1.53 bits per heavy atom.